The lowest BCUT2D eigenvalue weighted by Gasteiger charge is -2.35. The number of para-hydroxylation sites is 1. The Balaban J connectivity index is 1.65. The van der Waals surface area contributed by atoms with E-state index in [1.165, 1.54) is 24.8 Å². The van der Waals surface area contributed by atoms with E-state index in [0.717, 1.165) is 11.3 Å². The van der Waals surface area contributed by atoms with Gasteiger partial charge in [0.2, 0.25) is 0 Å². The fourth-order valence-corrected chi connectivity index (χ4v) is 3.80. The topological polar surface area (TPSA) is 53.6 Å². The smallest absolute Gasteiger partial charge is 0.315 e. The molecule has 2 amide bonds. The van der Waals surface area contributed by atoms with Crippen LogP contribution in [0, 0.1) is 5.92 Å². The molecule has 1 saturated carbocycles. The van der Waals surface area contributed by atoms with Crippen molar-refractivity contribution in [2.75, 3.05) is 27.7 Å². The van der Waals surface area contributed by atoms with Crippen LogP contribution in [0.2, 0.25) is 0 Å². The molecule has 2 atom stereocenters. The number of hydrogen-bond acceptors (Lipinski definition) is 3. The van der Waals surface area contributed by atoms with Crippen LogP contribution in [0.5, 0.6) is 5.75 Å². The van der Waals surface area contributed by atoms with Crippen molar-refractivity contribution in [1.29, 1.82) is 0 Å². The van der Waals surface area contributed by atoms with Crippen LogP contribution in [-0.4, -0.2) is 38.7 Å². The minimum Gasteiger partial charge on any atom is -0.496 e. The Hall–Kier alpha value is -2.53. The molecule has 2 N–H and O–H groups in total. The normalized spacial score (nSPS) is 16.1. The predicted molar refractivity (Wildman–Crippen MR) is 112 cm³/mol. The number of urea groups is 1. The standard InChI is InChI=1S/C23H31N3O2/c1-26(2)20(19-14-7-8-15-21(19)28-3)16-24-23(27)25-22(18-12-9-13-18)17-10-5-4-6-11-17/h4-8,10-11,14-15,18,20,22H,9,12-13,16H2,1-3H3,(H2,24,25,27). The number of carbonyl (C=O) groups is 1. The van der Waals surface area contributed by atoms with Gasteiger partial charge in [0, 0.05) is 12.1 Å². The molecular formula is C23H31N3O2. The summed E-state index contributed by atoms with van der Waals surface area (Å²) in [5, 5.41) is 6.28. The first-order chi connectivity index (χ1) is 13.6. The SMILES string of the molecule is COc1ccccc1C(CNC(=O)NC(c1ccccc1)C1CCC1)N(C)C. The maximum atomic E-state index is 12.7. The number of rotatable bonds is 8. The highest BCUT2D eigenvalue weighted by atomic mass is 16.5. The summed E-state index contributed by atoms with van der Waals surface area (Å²) in [5.74, 6) is 1.35. The molecule has 1 fully saturated rings. The zero-order valence-electron chi connectivity index (χ0n) is 17.0. The van der Waals surface area contributed by atoms with Crippen molar-refractivity contribution < 1.29 is 9.53 Å². The van der Waals surface area contributed by atoms with Gasteiger partial charge in [0.25, 0.3) is 0 Å². The van der Waals surface area contributed by atoms with E-state index in [1.54, 1.807) is 7.11 Å². The fourth-order valence-electron chi connectivity index (χ4n) is 3.80. The Labute approximate surface area is 168 Å². The number of nitrogens with one attached hydrogen (secondary N) is 2. The zero-order valence-corrected chi connectivity index (χ0v) is 17.0. The molecule has 0 bridgehead atoms. The largest absolute Gasteiger partial charge is 0.496 e. The number of likely N-dealkylation sites (N-methyl/N-ethyl adjacent to an activating group) is 1. The number of ether oxygens (including phenoxy) is 1. The number of hydrogen-bond donors (Lipinski definition) is 2. The van der Waals surface area contributed by atoms with E-state index >= 15 is 0 Å². The molecule has 0 spiro atoms. The van der Waals surface area contributed by atoms with Crippen LogP contribution in [0.15, 0.2) is 54.6 Å². The monoisotopic (exact) mass is 381 g/mol. The lowest BCUT2D eigenvalue weighted by molar-refractivity contribution is 0.203. The van der Waals surface area contributed by atoms with Crippen molar-refractivity contribution in [1.82, 2.24) is 15.5 Å². The second kappa shape index (κ2) is 9.60. The Bertz CT molecular complexity index is 759. The van der Waals surface area contributed by atoms with Gasteiger partial charge in [0.1, 0.15) is 5.75 Å². The van der Waals surface area contributed by atoms with E-state index in [2.05, 4.69) is 27.7 Å². The third kappa shape index (κ3) is 4.84. The third-order valence-electron chi connectivity index (χ3n) is 5.64. The number of amides is 2. The maximum absolute atomic E-state index is 12.7. The molecule has 28 heavy (non-hydrogen) atoms. The summed E-state index contributed by atoms with van der Waals surface area (Å²) in [6.07, 6.45) is 3.58. The van der Waals surface area contributed by atoms with Gasteiger partial charge in [-0.3, -0.25) is 0 Å². The molecule has 1 aliphatic rings. The van der Waals surface area contributed by atoms with Crippen molar-refractivity contribution >= 4 is 6.03 Å². The van der Waals surface area contributed by atoms with Crippen LogP contribution >= 0.6 is 0 Å². The molecule has 0 radical (unpaired) electrons. The van der Waals surface area contributed by atoms with Crippen molar-refractivity contribution in [2.45, 2.75) is 31.3 Å². The number of methoxy groups -OCH3 is 1. The van der Waals surface area contributed by atoms with Crippen LogP contribution in [0.3, 0.4) is 0 Å². The predicted octanol–water partition coefficient (Wildman–Crippen LogP) is 4.14. The zero-order chi connectivity index (χ0) is 19.9. The van der Waals surface area contributed by atoms with Crippen molar-refractivity contribution in [3.05, 3.63) is 65.7 Å². The highest BCUT2D eigenvalue weighted by Gasteiger charge is 2.30. The lowest BCUT2D eigenvalue weighted by atomic mass is 9.77. The molecule has 5 nitrogen and oxygen atoms in total. The van der Waals surface area contributed by atoms with Crippen molar-refractivity contribution in [2.24, 2.45) is 5.92 Å². The first-order valence-corrected chi connectivity index (χ1v) is 9.98. The average molecular weight is 382 g/mol. The number of carbonyl (C=O) groups excluding carboxylic acids is 1. The molecule has 5 heteroatoms. The van der Waals surface area contributed by atoms with Gasteiger partial charge in [-0.25, -0.2) is 4.79 Å². The molecule has 1 aliphatic carbocycles. The van der Waals surface area contributed by atoms with Crippen molar-refractivity contribution in [3.8, 4) is 5.75 Å². The molecule has 2 unspecified atom stereocenters. The highest BCUT2D eigenvalue weighted by Crippen LogP contribution is 2.37. The van der Waals surface area contributed by atoms with E-state index in [4.69, 9.17) is 4.74 Å². The summed E-state index contributed by atoms with van der Waals surface area (Å²) in [6.45, 7) is 0.505. The van der Waals surface area contributed by atoms with Crippen LogP contribution in [0.1, 0.15) is 42.5 Å². The molecule has 2 aromatic rings. The Kier molecular flexibility index (Phi) is 6.93. The molecule has 0 saturated heterocycles. The van der Waals surface area contributed by atoms with Gasteiger partial charge in [-0.2, -0.15) is 0 Å². The molecule has 0 aliphatic heterocycles. The van der Waals surface area contributed by atoms with E-state index in [-0.39, 0.29) is 18.1 Å². The Morgan fingerprint density at radius 2 is 1.79 bits per heavy atom. The quantitative estimate of drug-likeness (QED) is 0.723. The molecule has 0 heterocycles. The second-order valence-electron chi connectivity index (χ2n) is 7.66. The van der Waals surface area contributed by atoms with Gasteiger partial charge in [-0.05, 0) is 44.5 Å². The molecule has 3 rings (SSSR count). The van der Waals surface area contributed by atoms with Crippen LogP contribution in [0.25, 0.3) is 0 Å². The molecular weight excluding hydrogens is 350 g/mol. The van der Waals surface area contributed by atoms with Gasteiger partial charge < -0.3 is 20.3 Å². The summed E-state index contributed by atoms with van der Waals surface area (Å²) in [4.78, 5) is 14.8. The molecule has 2 aromatic carbocycles. The Morgan fingerprint density at radius 1 is 1.11 bits per heavy atom. The van der Waals surface area contributed by atoms with Crippen LogP contribution < -0.4 is 15.4 Å². The molecule has 150 valence electrons. The van der Waals surface area contributed by atoms with Crippen LogP contribution in [0.4, 0.5) is 4.79 Å². The highest BCUT2D eigenvalue weighted by molar-refractivity contribution is 5.74. The third-order valence-corrected chi connectivity index (χ3v) is 5.64. The lowest BCUT2D eigenvalue weighted by Crippen LogP contribution is -2.44. The van der Waals surface area contributed by atoms with Crippen LogP contribution in [-0.2, 0) is 0 Å². The Morgan fingerprint density at radius 3 is 2.39 bits per heavy atom. The van der Waals surface area contributed by atoms with Crippen molar-refractivity contribution in [3.63, 3.8) is 0 Å². The first-order valence-electron chi connectivity index (χ1n) is 9.98. The summed E-state index contributed by atoms with van der Waals surface area (Å²) in [6, 6.07) is 18.2. The van der Waals surface area contributed by atoms with E-state index in [9.17, 15) is 4.79 Å². The van der Waals surface area contributed by atoms with Gasteiger partial charge in [-0.1, -0.05) is 55.0 Å². The van der Waals surface area contributed by atoms with Gasteiger partial charge in [0.05, 0.1) is 19.2 Å². The number of benzene rings is 2. The average Bonchev–Trinajstić information content (AvgIpc) is 2.67. The summed E-state index contributed by atoms with van der Waals surface area (Å²) in [5.41, 5.74) is 2.24. The van der Waals surface area contributed by atoms with Gasteiger partial charge in [0.15, 0.2) is 0 Å². The maximum Gasteiger partial charge on any atom is 0.315 e. The minimum absolute atomic E-state index is 0.0285. The van der Waals surface area contributed by atoms with E-state index in [0.29, 0.717) is 12.5 Å². The van der Waals surface area contributed by atoms with Gasteiger partial charge >= 0.3 is 6.03 Å². The fraction of sp³-hybridized carbons (Fsp3) is 0.435. The molecule has 0 aromatic heterocycles. The minimum atomic E-state index is -0.123. The summed E-state index contributed by atoms with van der Waals surface area (Å²) in [7, 11) is 5.70. The van der Waals surface area contributed by atoms with Gasteiger partial charge in [-0.15, -0.1) is 0 Å². The van der Waals surface area contributed by atoms with E-state index in [1.807, 2.05) is 56.6 Å². The second-order valence-corrected chi connectivity index (χ2v) is 7.66. The number of nitrogens with zero attached hydrogens (tertiary/aromatic N) is 1. The van der Waals surface area contributed by atoms with E-state index < -0.39 is 0 Å². The summed E-state index contributed by atoms with van der Waals surface area (Å²) >= 11 is 0. The summed E-state index contributed by atoms with van der Waals surface area (Å²) < 4.78 is 5.50. The first kappa shape index (κ1) is 20.2.